The van der Waals surface area contributed by atoms with Crippen molar-refractivity contribution in [2.75, 3.05) is 6.61 Å². The zero-order valence-electron chi connectivity index (χ0n) is 8.36. The number of carbonyl (C=O) groups excluding carboxylic acids is 1. The summed E-state index contributed by atoms with van der Waals surface area (Å²) in [6.07, 6.45) is 0.336. The molecule has 0 aliphatic carbocycles. The van der Waals surface area contributed by atoms with E-state index in [0.717, 1.165) is 5.46 Å². The van der Waals surface area contributed by atoms with Crippen molar-refractivity contribution < 1.29 is 14.7 Å². The van der Waals surface area contributed by atoms with Gasteiger partial charge in [-0.25, -0.2) is 0 Å². The maximum atomic E-state index is 11.8. The zero-order chi connectivity index (χ0) is 10.8. The molecule has 1 heterocycles. The number of nitrogens with zero attached hydrogens (tertiary/aromatic N) is 1. The summed E-state index contributed by atoms with van der Waals surface area (Å²) in [4.78, 5) is 11.8. The summed E-state index contributed by atoms with van der Waals surface area (Å²) in [5.41, 5.74) is 1.65. The lowest BCUT2D eigenvalue weighted by Gasteiger charge is -2.05. The third-order valence-electron chi connectivity index (χ3n) is 2.36. The van der Waals surface area contributed by atoms with Crippen molar-refractivity contribution in [1.29, 1.82) is 0 Å². The van der Waals surface area contributed by atoms with Gasteiger partial charge in [-0.2, -0.15) is 0 Å². The topological polar surface area (TPSA) is 58.9 Å². The molecule has 5 heteroatoms. The smallest absolute Gasteiger partial charge is 0.214 e. The molecule has 1 aliphatic rings. The van der Waals surface area contributed by atoms with Crippen LogP contribution in [0.1, 0.15) is 16.8 Å². The summed E-state index contributed by atoms with van der Waals surface area (Å²) in [5.74, 6) is 0.309. The van der Waals surface area contributed by atoms with Crippen LogP contribution in [0.3, 0.4) is 0 Å². The minimum absolute atomic E-state index is 0.151. The second-order valence-electron chi connectivity index (χ2n) is 3.47. The van der Waals surface area contributed by atoms with Crippen LogP contribution in [-0.2, 0) is 0 Å². The maximum absolute atomic E-state index is 11.8. The third kappa shape index (κ3) is 1.72. The minimum Gasteiger partial charge on any atom is -0.492 e. The zero-order valence-corrected chi connectivity index (χ0v) is 8.36. The lowest BCUT2D eigenvalue weighted by atomic mass is 9.93. The standard InChI is InChI=1S/C10H10BNO3/c11-6-1-2-7-9(5-6)15-4-3-8(12-14)10(7)13/h1-2,5,14H,3-4,11H2/b12-8+. The molecule has 4 nitrogen and oxygen atoms in total. The first-order valence-electron chi connectivity index (χ1n) is 4.71. The van der Waals surface area contributed by atoms with Gasteiger partial charge in [0.05, 0.1) is 12.2 Å². The number of hydrogen-bond donors (Lipinski definition) is 1. The fourth-order valence-corrected chi connectivity index (χ4v) is 1.56. The largest absolute Gasteiger partial charge is 0.492 e. The number of oxime groups is 1. The number of benzene rings is 1. The summed E-state index contributed by atoms with van der Waals surface area (Å²) in [6.45, 7) is 0.363. The van der Waals surface area contributed by atoms with Crippen molar-refractivity contribution in [3.05, 3.63) is 23.8 Å². The molecule has 0 aromatic heterocycles. The Morgan fingerprint density at radius 3 is 3.00 bits per heavy atom. The number of rotatable bonds is 0. The molecule has 0 saturated carbocycles. The lowest BCUT2D eigenvalue weighted by molar-refractivity contribution is 0.106. The van der Waals surface area contributed by atoms with E-state index in [0.29, 0.717) is 24.3 Å². The van der Waals surface area contributed by atoms with Gasteiger partial charge in [0.2, 0.25) is 5.78 Å². The molecule has 0 spiro atoms. The quantitative estimate of drug-likeness (QED) is 0.359. The van der Waals surface area contributed by atoms with Gasteiger partial charge in [0.25, 0.3) is 0 Å². The SMILES string of the molecule is Bc1ccc2c(c1)OCC/C(=N\O)C2=O. The second-order valence-corrected chi connectivity index (χ2v) is 3.47. The van der Waals surface area contributed by atoms with Crippen LogP contribution in [0.2, 0.25) is 0 Å². The van der Waals surface area contributed by atoms with Crippen molar-refractivity contribution in [2.45, 2.75) is 6.42 Å². The predicted molar refractivity (Wildman–Crippen MR) is 58.3 cm³/mol. The van der Waals surface area contributed by atoms with E-state index in [9.17, 15) is 4.79 Å². The average molecular weight is 203 g/mol. The number of ether oxygens (including phenoxy) is 1. The summed E-state index contributed by atoms with van der Waals surface area (Å²) in [5, 5.41) is 11.7. The average Bonchev–Trinajstić information content (AvgIpc) is 2.37. The molecule has 15 heavy (non-hydrogen) atoms. The molecule has 0 radical (unpaired) electrons. The van der Waals surface area contributed by atoms with E-state index in [1.807, 2.05) is 20.0 Å². The molecule has 2 rings (SSSR count). The molecule has 1 N–H and O–H groups in total. The van der Waals surface area contributed by atoms with E-state index in [1.165, 1.54) is 0 Å². The fourth-order valence-electron chi connectivity index (χ4n) is 1.56. The number of hydrogen-bond acceptors (Lipinski definition) is 4. The Morgan fingerprint density at radius 2 is 2.27 bits per heavy atom. The molecule has 0 unspecified atom stereocenters. The van der Waals surface area contributed by atoms with Gasteiger partial charge in [-0.05, 0) is 12.1 Å². The van der Waals surface area contributed by atoms with E-state index in [1.54, 1.807) is 6.07 Å². The Labute approximate surface area is 88.0 Å². The molecular formula is C10H10BNO3. The van der Waals surface area contributed by atoms with Gasteiger partial charge < -0.3 is 9.94 Å². The van der Waals surface area contributed by atoms with Crippen LogP contribution in [0, 0.1) is 0 Å². The van der Waals surface area contributed by atoms with Gasteiger partial charge in [-0.3, -0.25) is 4.79 Å². The lowest BCUT2D eigenvalue weighted by Crippen LogP contribution is -2.14. The van der Waals surface area contributed by atoms with Crippen molar-refractivity contribution in [2.24, 2.45) is 5.16 Å². The molecule has 76 valence electrons. The van der Waals surface area contributed by atoms with E-state index in [-0.39, 0.29) is 11.5 Å². The minimum atomic E-state index is -0.259. The Hall–Kier alpha value is -1.78. The number of Topliss-reactive ketones (excluding diaryl/α,β-unsaturated/α-hetero) is 1. The van der Waals surface area contributed by atoms with Crippen LogP contribution >= 0.6 is 0 Å². The number of carbonyl (C=O) groups is 1. The molecule has 1 aromatic carbocycles. The highest BCUT2D eigenvalue weighted by Gasteiger charge is 2.22. The summed E-state index contributed by atoms with van der Waals surface area (Å²) < 4.78 is 5.42. The van der Waals surface area contributed by atoms with Crippen molar-refractivity contribution in [3.63, 3.8) is 0 Å². The van der Waals surface area contributed by atoms with Crippen molar-refractivity contribution in [1.82, 2.24) is 0 Å². The first-order valence-corrected chi connectivity index (χ1v) is 4.71. The van der Waals surface area contributed by atoms with Gasteiger partial charge in [0.1, 0.15) is 19.3 Å². The highest BCUT2D eigenvalue weighted by molar-refractivity contribution is 6.47. The van der Waals surface area contributed by atoms with Crippen LogP contribution in [0.4, 0.5) is 0 Å². The van der Waals surface area contributed by atoms with Crippen LogP contribution in [-0.4, -0.2) is 31.2 Å². The van der Waals surface area contributed by atoms with Crippen molar-refractivity contribution >= 4 is 24.8 Å². The van der Waals surface area contributed by atoms with Gasteiger partial charge >= 0.3 is 0 Å². The van der Waals surface area contributed by atoms with Crippen molar-refractivity contribution in [3.8, 4) is 5.75 Å². The van der Waals surface area contributed by atoms with E-state index < -0.39 is 0 Å². The first-order chi connectivity index (χ1) is 7.22. The Bertz CT molecular complexity index is 442. The van der Waals surface area contributed by atoms with Crippen LogP contribution in [0.25, 0.3) is 0 Å². The summed E-state index contributed by atoms with van der Waals surface area (Å²) >= 11 is 0. The Kier molecular flexibility index (Phi) is 2.45. The highest BCUT2D eigenvalue weighted by atomic mass is 16.5. The van der Waals surface area contributed by atoms with Crippen LogP contribution in [0.5, 0.6) is 5.75 Å². The summed E-state index contributed by atoms with van der Waals surface area (Å²) in [6, 6.07) is 5.34. The number of ketones is 1. The third-order valence-corrected chi connectivity index (χ3v) is 2.36. The molecule has 0 atom stereocenters. The van der Waals surface area contributed by atoms with E-state index >= 15 is 0 Å². The monoisotopic (exact) mass is 203 g/mol. The van der Waals surface area contributed by atoms with Crippen LogP contribution in [0.15, 0.2) is 23.4 Å². The molecule has 0 saturated heterocycles. The van der Waals surface area contributed by atoms with E-state index in [4.69, 9.17) is 9.94 Å². The molecule has 1 aromatic rings. The highest BCUT2D eigenvalue weighted by Crippen LogP contribution is 2.21. The Morgan fingerprint density at radius 1 is 1.47 bits per heavy atom. The fraction of sp³-hybridized carbons (Fsp3) is 0.200. The molecule has 0 bridgehead atoms. The van der Waals surface area contributed by atoms with Gasteiger partial charge in [-0.15, -0.1) is 0 Å². The van der Waals surface area contributed by atoms with Crippen LogP contribution < -0.4 is 10.2 Å². The molecule has 0 fully saturated rings. The summed E-state index contributed by atoms with van der Waals surface area (Å²) in [7, 11) is 1.93. The Balaban J connectivity index is 2.52. The van der Waals surface area contributed by atoms with Gasteiger partial charge in [0.15, 0.2) is 0 Å². The second kappa shape index (κ2) is 3.77. The first kappa shape index (κ1) is 9.77. The predicted octanol–water partition coefficient (Wildman–Crippen LogP) is -0.260. The number of fused-ring (bicyclic) bond motifs is 1. The normalized spacial score (nSPS) is 18.1. The van der Waals surface area contributed by atoms with E-state index in [2.05, 4.69) is 5.16 Å². The maximum Gasteiger partial charge on any atom is 0.214 e. The molecule has 1 aliphatic heterocycles. The molecule has 0 amide bonds. The van der Waals surface area contributed by atoms with Gasteiger partial charge in [-0.1, -0.05) is 16.7 Å². The molecular weight excluding hydrogens is 193 g/mol. The van der Waals surface area contributed by atoms with Gasteiger partial charge in [0, 0.05) is 6.42 Å².